The molecular formula is C19H29ClN4O2. The van der Waals surface area contributed by atoms with Gasteiger partial charge in [0.15, 0.2) is 11.5 Å². The second-order valence-electron chi connectivity index (χ2n) is 6.25. The molecular weight excluding hydrogens is 352 g/mol. The lowest BCUT2D eigenvalue weighted by Crippen LogP contribution is -2.46. The second kappa shape index (κ2) is 10.4. The zero-order chi connectivity index (χ0) is 18.9. The van der Waals surface area contributed by atoms with E-state index >= 15 is 0 Å². The van der Waals surface area contributed by atoms with Crippen LogP contribution in [-0.2, 0) is 9.47 Å². The van der Waals surface area contributed by atoms with Gasteiger partial charge in [-0.2, -0.15) is 0 Å². The number of rotatable bonds is 9. The monoisotopic (exact) mass is 380 g/mol. The van der Waals surface area contributed by atoms with Gasteiger partial charge in [0.05, 0.1) is 19.4 Å². The van der Waals surface area contributed by atoms with Crippen LogP contribution in [0.3, 0.4) is 0 Å². The fourth-order valence-corrected chi connectivity index (χ4v) is 3.15. The lowest BCUT2D eigenvalue weighted by Gasteiger charge is -2.34. The van der Waals surface area contributed by atoms with E-state index in [0.717, 1.165) is 45.7 Å². The zero-order valence-corrected chi connectivity index (χ0v) is 16.4. The van der Waals surface area contributed by atoms with Crippen molar-refractivity contribution in [2.75, 3.05) is 60.0 Å². The van der Waals surface area contributed by atoms with Gasteiger partial charge in [-0.15, -0.1) is 6.58 Å². The van der Waals surface area contributed by atoms with E-state index in [9.17, 15) is 0 Å². The average molecular weight is 381 g/mol. The molecule has 2 N–H and O–H groups in total. The van der Waals surface area contributed by atoms with Crippen LogP contribution in [0.5, 0.6) is 0 Å². The Hall–Kier alpha value is -1.76. The summed E-state index contributed by atoms with van der Waals surface area (Å²) in [5, 5.41) is 11.4. The van der Waals surface area contributed by atoms with Crippen LogP contribution in [0.1, 0.15) is 6.42 Å². The molecule has 2 rings (SSSR count). The standard InChI is InChI=1S/C19H29ClN4O2/c1-4-6-23-8-10-24(11-9-23)7-5-12-26-18-14-16(21)15(19(20)22-2)13-17(18)25-3/h4,13-14,21-22H,1,5-12H2,2-3H3/b19-15-,21-16?. The van der Waals surface area contributed by atoms with Crippen LogP contribution < -0.4 is 5.32 Å². The molecule has 2 aliphatic rings. The van der Waals surface area contributed by atoms with Crippen molar-refractivity contribution in [2.45, 2.75) is 6.42 Å². The number of allylic oxidation sites excluding steroid dienone is 3. The summed E-state index contributed by atoms with van der Waals surface area (Å²) in [5.41, 5.74) is 0.897. The molecule has 0 aromatic carbocycles. The highest BCUT2D eigenvalue weighted by molar-refractivity contribution is 6.33. The maximum atomic E-state index is 8.11. The number of ether oxygens (including phenoxy) is 2. The Kier molecular flexibility index (Phi) is 8.22. The van der Waals surface area contributed by atoms with Gasteiger partial charge in [-0.3, -0.25) is 4.90 Å². The van der Waals surface area contributed by atoms with Gasteiger partial charge in [-0.05, 0) is 12.5 Å². The van der Waals surface area contributed by atoms with Crippen molar-refractivity contribution in [3.8, 4) is 0 Å². The Labute approximate surface area is 161 Å². The van der Waals surface area contributed by atoms with Crippen molar-refractivity contribution >= 4 is 17.3 Å². The molecule has 1 aliphatic carbocycles. The van der Waals surface area contributed by atoms with Gasteiger partial charge >= 0.3 is 0 Å². The molecule has 1 saturated heterocycles. The highest BCUT2D eigenvalue weighted by Gasteiger charge is 2.20. The van der Waals surface area contributed by atoms with Gasteiger partial charge in [0.1, 0.15) is 5.16 Å². The number of hydrogen-bond donors (Lipinski definition) is 2. The van der Waals surface area contributed by atoms with Crippen LogP contribution in [0.4, 0.5) is 0 Å². The maximum Gasteiger partial charge on any atom is 0.163 e. The molecule has 0 aromatic rings. The third kappa shape index (κ3) is 5.62. The predicted molar refractivity (Wildman–Crippen MR) is 106 cm³/mol. The second-order valence-corrected chi connectivity index (χ2v) is 6.62. The van der Waals surface area contributed by atoms with E-state index in [-0.39, 0.29) is 0 Å². The van der Waals surface area contributed by atoms with E-state index in [1.165, 1.54) is 0 Å². The Morgan fingerprint density at radius 2 is 1.96 bits per heavy atom. The number of nitrogens with zero attached hydrogens (tertiary/aromatic N) is 2. The van der Waals surface area contributed by atoms with Crippen molar-refractivity contribution in [1.82, 2.24) is 15.1 Å². The summed E-state index contributed by atoms with van der Waals surface area (Å²) in [6, 6.07) is 0. The van der Waals surface area contributed by atoms with Crippen molar-refractivity contribution in [3.63, 3.8) is 0 Å². The Bertz CT molecular complexity index is 605. The Morgan fingerprint density at radius 3 is 2.58 bits per heavy atom. The highest BCUT2D eigenvalue weighted by atomic mass is 35.5. The summed E-state index contributed by atoms with van der Waals surface area (Å²) < 4.78 is 11.2. The lowest BCUT2D eigenvalue weighted by atomic mass is 10.0. The molecule has 6 nitrogen and oxygen atoms in total. The van der Waals surface area contributed by atoms with Crippen LogP contribution in [0.2, 0.25) is 0 Å². The van der Waals surface area contributed by atoms with Crippen LogP contribution in [-0.4, -0.2) is 75.5 Å². The van der Waals surface area contributed by atoms with Crippen LogP contribution in [0, 0.1) is 5.41 Å². The van der Waals surface area contributed by atoms with Crippen molar-refractivity contribution in [1.29, 1.82) is 5.41 Å². The number of methoxy groups -OCH3 is 1. The minimum absolute atomic E-state index is 0.304. The summed E-state index contributed by atoms with van der Waals surface area (Å²) in [6.07, 6.45) is 6.28. The topological polar surface area (TPSA) is 60.8 Å². The molecule has 1 aliphatic heterocycles. The highest BCUT2D eigenvalue weighted by Crippen LogP contribution is 2.24. The first-order valence-corrected chi connectivity index (χ1v) is 9.29. The third-order valence-corrected chi connectivity index (χ3v) is 4.88. The van der Waals surface area contributed by atoms with E-state index in [2.05, 4.69) is 21.7 Å². The molecule has 1 heterocycles. The zero-order valence-electron chi connectivity index (χ0n) is 15.7. The first-order valence-electron chi connectivity index (χ1n) is 8.91. The van der Waals surface area contributed by atoms with Gasteiger partial charge < -0.3 is 25.1 Å². The molecule has 0 bridgehead atoms. The quantitative estimate of drug-likeness (QED) is 0.365. The van der Waals surface area contributed by atoms with E-state index < -0.39 is 0 Å². The van der Waals surface area contributed by atoms with Gasteiger partial charge in [-0.1, -0.05) is 17.7 Å². The van der Waals surface area contributed by atoms with Crippen LogP contribution >= 0.6 is 11.6 Å². The number of hydrogen-bond acceptors (Lipinski definition) is 6. The van der Waals surface area contributed by atoms with Gasteiger partial charge in [-0.25, -0.2) is 0 Å². The van der Waals surface area contributed by atoms with Crippen LogP contribution in [0.25, 0.3) is 0 Å². The maximum absolute atomic E-state index is 8.11. The molecule has 1 fully saturated rings. The van der Waals surface area contributed by atoms with Crippen molar-refractivity contribution < 1.29 is 9.47 Å². The molecule has 0 saturated carbocycles. The summed E-state index contributed by atoms with van der Waals surface area (Å²) in [7, 11) is 3.31. The predicted octanol–water partition coefficient (Wildman–Crippen LogP) is 2.31. The minimum atomic E-state index is 0.304. The minimum Gasteiger partial charge on any atom is -0.493 e. The van der Waals surface area contributed by atoms with Crippen molar-refractivity contribution in [2.24, 2.45) is 0 Å². The molecule has 0 spiro atoms. The smallest absolute Gasteiger partial charge is 0.163 e. The first kappa shape index (κ1) is 20.6. The van der Waals surface area contributed by atoms with E-state index in [1.54, 1.807) is 26.3 Å². The summed E-state index contributed by atoms with van der Waals surface area (Å²) in [4.78, 5) is 4.87. The Balaban J connectivity index is 1.78. The number of nitrogens with one attached hydrogen (secondary N) is 2. The summed E-state index contributed by atoms with van der Waals surface area (Å²) in [6.45, 7) is 10.7. The molecule has 0 aromatic heterocycles. The molecule has 0 radical (unpaired) electrons. The normalized spacial score (nSPS) is 21.0. The number of halogens is 1. The molecule has 144 valence electrons. The molecule has 7 heteroatoms. The van der Waals surface area contributed by atoms with E-state index in [4.69, 9.17) is 26.5 Å². The fourth-order valence-electron chi connectivity index (χ4n) is 3.00. The SMILES string of the molecule is C=CCN1CCN(CCCOC2=CC(=N)/C(=C(/Cl)NC)C=C2OC)CC1. The summed E-state index contributed by atoms with van der Waals surface area (Å²) >= 11 is 6.09. The first-order chi connectivity index (χ1) is 12.6. The largest absolute Gasteiger partial charge is 0.493 e. The lowest BCUT2D eigenvalue weighted by molar-refractivity contribution is 0.122. The van der Waals surface area contributed by atoms with Crippen molar-refractivity contribution in [3.05, 3.63) is 47.1 Å². The molecule has 0 amide bonds. The van der Waals surface area contributed by atoms with Gasteiger partial charge in [0.2, 0.25) is 0 Å². The molecule has 26 heavy (non-hydrogen) atoms. The van der Waals surface area contributed by atoms with E-state index in [1.807, 2.05) is 6.08 Å². The average Bonchev–Trinajstić information content (AvgIpc) is 2.66. The summed E-state index contributed by atoms with van der Waals surface area (Å²) in [5.74, 6) is 1.17. The molecule has 0 unspecified atom stereocenters. The molecule has 0 atom stereocenters. The van der Waals surface area contributed by atoms with E-state index in [0.29, 0.717) is 34.6 Å². The van der Waals surface area contributed by atoms with Gasteiger partial charge in [0.25, 0.3) is 0 Å². The third-order valence-electron chi connectivity index (χ3n) is 4.49. The Morgan fingerprint density at radius 1 is 1.27 bits per heavy atom. The van der Waals surface area contributed by atoms with Crippen LogP contribution in [0.15, 0.2) is 47.1 Å². The van der Waals surface area contributed by atoms with Gasteiger partial charge in [0, 0.05) is 58.0 Å². The number of piperazine rings is 1. The fraction of sp³-hybridized carbons (Fsp3) is 0.526.